The van der Waals surface area contributed by atoms with Crippen LogP contribution in [0.2, 0.25) is 5.02 Å². The first-order valence-electron chi connectivity index (χ1n) is 6.79. The van der Waals surface area contributed by atoms with Crippen molar-refractivity contribution in [3.8, 4) is 0 Å². The third-order valence-electron chi connectivity index (χ3n) is 3.49. The van der Waals surface area contributed by atoms with Gasteiger partial charge in [-0.3, -0.25) is 0 Å². The summed E-state index contributed by atoms with van der Waals surface area (Å²) in [7, 11) is -3.00. The van der Waals surface area contributed by atoms with Gasteiger partial charge in [0.15, 0.2) is 7.14 Å². The molecule has 0 radical (unpaired) electrons. The SMILES string of the molecule is O=P(c1ccccc1)(c1ccccc1)c1cc(Br)ccc1Cl. The second kappa shape index (κ2) is 6.42. The number of hydrogen-bond donors (Lipinski definition) is 0. The molecular weight excluding hydrogens is 379 g/mol. The molecule has 3 rings (SSSR count). The van der Waals surface area contributed by atoms with Gasteiger partial charge in [0.1, 0.15) is 0 Å². The highest BCUT2D eigenvalue weighted by molar-refractivity contribution is 9.10. The van der Waals surface area contributed by atoms with E-state index in [2.05, 4.69) is 15.9 Å². The largest absolute Gasteiger partial charge is 0.309 e. The molecule has 0 aliphatic rings. The van der Waals surface area contributed by atoms with Gasteiger partial charge in [-0.15, -0.1) is 0 Å². The van der Waals surface area contributed by atoms with Crippen LogP contribution in [-0.2, 0) is 4.57 Å². The molecule has 3 aromatic rings. The Kier molecular flexibility index (Phi) is 4.54. The molecule has 0 unspecified atom stereocenters. The maximum Gasteiger partial charge on any atom is 0.172 e. The fourth-order valence-electron chi connectivity index (χ4n) is 2.43. The molecule has 0 aliphatic heterocycles. The lowest BCUT2D eigenvalue weighted by atomic mass is 10.3. The zero-order valence-electron chi connectivity index (χ0n) is 11.6. The minimum absolute atomic E-state index is 0.513. The van der Waals surface area contributed by atoms with Gasteiger partial charge in [0.05, 0.1) is 5.02 Å². The fraction of sp³-hybridized carbons (Fsp3) is 0. The molecule has 3 aromatic carbocycles. The number of hydrogen-bond acceptors (Lipinski definition) is 1. The van der Waals surface area contributed by atoms with E-state index < -0.39 is 7.14 Å². The van der Waals surface area contributed by atoms with Gasteiger partial charge in [0.2, 0.25) is 0 Å². The first-order chi connectivity index (χ1) is 10.6. The highest BCUT2D eigenvalue weighted by atomic mass is 79.9. The topological polar surface area (TPSA) is 17.1 Å². The van der Waals surface area contributed by atoms with E-state index in [-0.39, 0.29) is 0 Å². The molecule has 0 saturated carbocycles. The van der Waals surface area contributed by atoms with E-state index in [1.807, 2.05) is 72.8 Å². The van der Waals surface area contributed by atoms with Crippen molar-refractivity contribution in [2.45, 2.75) is 0 Å². The molecule has 22 heavy (non-hydrogen) atoms. The first-order valence-corrected chi connectivity index (χ1v) is 9.67. The van der Waals surface area contributed by atoms with Crippen molar-refractivity contribution in [2.75, 3.05) is 0 Å². The summed E-state index contributed by atoms with van der Waals surface area (Å²) in [5.74, 6) is 0. The summed E-state index contributed by atoms with van der Waals surface area (Å²) >= 11 is 9.84. The Hall–Kier alpha value is -1.34. The Balaban J connectivity index is 2.34. The summed E-state index contributed by atoms with van der Waals surface area (Å²) in [5.41, 5.74) is 0. The fourth-order valence-corrected chi connectivity index (χ4v) is 6.18. The second-order valence-electron chi connectivity index (χ2n) is 4.88. The van der Waals surface area contributed by atoms with E-state index in [9.17, 15) is 4.57 Å². The lowest BCUT2D eigenvalue weighted by molar-refractivity contribution is 0.592. The van der Waals surface area contributed by atoms with Crippen LogP contribution in [-0.4, -0.2) is 0 Å². The molecule has 0 aromatic heterocycles. The number of rotatable bonds is 3. The van der Waals surface area contributed by atoms with E-state index >= 15 is 0 Å². The predicted molar refractivity (Wildman–Crippen MR) is 98.5 cm³/mol. The van der Waals surface area contributed by atoms with Gasteiger partial charge in [-0.25, -0.2) is 0 Å². The molecule has 110 valence electrons. The number of halogens is 2. The zero-order valence-corrected chi connectivity index (χ0v) is 14.9. The van der Waals surface area contributed by atoms with Crippen LogP contribution in [0.5, 0.6) is 0 Å². The molecular formula is C18H13BrClOP. The van der Waals surface area contributed by atoms with Crippen molar-refractivity contribution < 1.29 is 4.57 Å². The highest BCUT2D eigenvalue weighted by Crippen LogP contribution is 2.44. The maximum atomic E-state index is 14.1. The molecule has 0 N–H and O–H groups in total. The summed E-state index contributed by atoms with van der Waals surface area (Å²) < 4.78 is 14.9. The van der Waals surface area contributed by atoms with Crippen molar-refractivity contribution in [1.82, 2.24) is 0 Å². The van der Waals surface area contributed by atoms with Crippen molar-refractivity contribution in [1.29, 1.82) is 0 Å². The maximum absolute atomic E-state index is 14.1. The average molecular weight is 392 g/mol. The van der Waals surface area contributed by atoms with E-state index in [1.54, 1.807) is 6.07 Å². The standard InChI is InChI=1S/C18H13BrClOP/c19-14-11-12-17(20)18(13-14)22(21,15-7-3-1-4-8-15)16-9-5-2-6-10-16/h1-13H. The summed E-state index contributed by atoms with van der Waals surface area (Å²) in [6.07, 6.45) is 0. The minimum Gasteiger partial charge on any atom is -0.309 e. The Morgan fingerprint density at radius 2 is 1.27 bits per heavy atom. The van der Waals surface area contributed by atoms with Crippen molar-refractivity contribution >= 4 is 50.6 Å². The normalized spacial score (nSPS) is 11.4. The Bertz CT molecular complexity index is 791. The van der Waals surface area contributed by atoms with Gasteiger partial charge in [-0.2, -0.15) is 0 Å². The first kappa shape index (κ1) is 15.6. The monoisotopic (exact) mass is 390 g/mol. The van der Waals surface area contributed by atoms with Gasteiger partial charge in [0.25, 0.3) is 0 Å². The van der Waals surface area contributed by atoms with Crippen LogP contribution in [0.4, 0.5) is 0 Å². The molecule has 0 heterocycles. The van der Waals surface area contributed by atoms with Crippen LogP contribution in [0.25, 0.3) is 0 Å². The molecule has 0 fully saturated rings. The summed E-state index contributed by atoms with van der Waals surface area (Å²) in [4.78, 5) is 0. The predicted octanol–water partition coefficient (Wildman–Crippen LogP) is 4.74. The van der Waals surface area contributed by atoms with Crippen LogP contribution in [0.15, 0.2) is 83.3 Å². The van der Waals surface area contributed by atoms with Crippen LogP contribution in [0.3, 0.4) is 0 Å². The third kappa shape index (κ3) is 2.79. The molecule has 0 aliphatic carbocycles. The van der Waals surface area contributed by atoms with Gasteiger partial charge in [-0.05, 0) is 18.2 Å². The smallest absolute Gasteiger partial charge is 0.172 e. The van der Waals surface area contributed by atoms with Crippen molar-refractivity contribution in [3.05, 3.63) is 88.4 Å². The van der Waals surface area contributed by atoms with Crippen molar-refractivity contribution in [3.63, 3.8) is 0 Å². The lowest BCUT2D eigenvalue weighted by Gasteiger charge is -2.21. The average Bonchev–Trinajstić information content (AvgIpc) is 2.58. The molecule has 1 nitrogen and oxygen atoms in total. The second-order valence-corrected chi connectivity index (χ2v) is 8.93. The molecule has 4 heteroatoms. The van der Waals surface area contributed by atoms with Gasteiger partial charge in [0, 0.05) is 20.4 Å². The van der Waals surface area contributed by atoms with E-state index in [0.29, 0.717) is 10.3 Å². The quantitative estimate of drug-likeness (QED) is 0.589. The van der Waals surface area contributed by atoms with Crippen molar-refractivity contribution in [2.24, 2.45) is 0 Å². The minimum atomic E-state index is -3.00. The van der Waals surface area contributed by atoms with E-state index in [4.69, 9.17) is 11.6 Å². The van der Waals surface area contributed by atoms with Crippen LogP contribution >= 0.6 is 34.7 Å². The summed E-state index contributed by atoms with van der Waals surface area (Å²) in [6.45, 7) is 0. The van der Waals surface area contributed by atoms with Crippen LogP contribution in [0, 0.1) is 0 Å². The molecule has 0 saturated heterocycles. The highest BCUT2D eigenvalue weighted by Gasteiger charge is 2.31. The summed E-state index contributed by atoms with van der Waals surface area (Å²) in [6, 6.07) is 24.5. The Morgan fingerprint density at radius 1 is 0.773 bits per heavy atom. The molecule has 0 spiro atoms. The van der Waals surface area contributed by atoms with Crippen LogP contribution in [0.1, 0.15) is 0 Å². The Labute approximate surface area is 143 Å². The van der Waals surface area contributed by atoms with Crippen LogP contribution < -0.4 is 15.9 Å². The van der Waals surface area contributed by atoms with Gasteiger partial charge < -0.3 is 4.57 Å². The molecule has 0 amide bonds. The number of benzene rings is 3. The van der Waals surface area contributed by atoms with Gasteiger partial charge in [-0.1, -0.05) is 88.2 Å². The lowest BCUT2D eigenvalue weighted by Crippen LogP contribution is -2.25. The van der Waals surface area contributed by atoms with Gasteiger partial charge >= 0.3 is 0 Å². The van der Waals surface area contributed by atoms with E-state index in [1.165, 1.54) is 0 Å². The third-order valence-corrected chi connectivity index (χ3v) is 7.54. The summed E-state index contributed by atoms with van der Waals surface area (Å²) in [5, 5.41) is 2.72. The molecule has 0 atom stereocenters. The Morgan fingerprint density at radius 3 is 1.77 bits per heavy atom. The van der Waals surface area contributed by atoms with E-state index in [0.717, 1.165) is 15.1 Å². The molecule has 0 bridgehead atoms. The zero-order chi connectivity index (χ0) is 15.6.